The number of halogens is 2. The number of rotatable bonds is 2. The van der Waals surface area contributed by atoms with Crippen LogP contribution in [-0.4, -0.2) is 29.5 Å². The van der Waals surface area contributed by atoms with E-state index in [1.165, 1.54) is 4.68 Å². The quantitative estimate of drug-likeness (QED) is 0.803. The van der Waals surface area contributed by atoms with Crippen molar-refractivity contribution in [1.29, 1.82) is 0 Å². The molecule has 0 aromatic carbocycles. The highest BCUT2D eigenvalue weighted by Crippen LogP contribution is 2.28. The summed E-state index contributed by atoms with van der Waals surface area (Å²) in [7, 11) is 1.63. The molecule has 1 atom stereocenters. The van der Waals surface area contributed by atoms with E-state index < -0.39 is 6.43 Å². The van der Waals surface area contributed by atoms with Crippen molar-refractivity contribution in [3.63, 3.8) is 0 Å². The van der Waals surface area contributed by atoms with Crippen LogP contribution in [0, 0.1) is 0 Å². The van der Waals surface area contributed by atoms with Crippen LogP contribution in [-0.2, 0) is 11.8 Å². The first-order valence-electron chi connectivity index (χ1n) is 4.82. The Kier molecular flexibility index (Phi) is 2.97. The molecule has 1 aliphatic rings. The lowest BCUT2D eigenvalue weighted by molar-refractivity contribution is 0.0245. The Balaban J connectivity index is 2.25. The van der Waals surface area contributed by atoms with Gasteiger partial charge in [0.2, 0.25) is 0 Å². The lowest BCUT2D eigenvalue weighted by Gasteiger charge is -2.23. The standard InChI is InChI=1S/C9H13F2N3O/c1-14-5-6(8(13-14)9(10)11)7-4-12-2-3-15-7/h5,7,9,12H,2-4H2,1H3. The van der Waals surface area contributed by atoms with E-state index in [2.05, 4.69) is 10.4 Å². The van der Waals surface area contributed by atoms with Gasteiger partial charge in [-0.3, -0.25) is 4.68 Å². The molecule has 0 aliphatic carbocycles. The van der Waals surface area contributed by atoms with Gasteiger partial charge < -0.3 is 10.1 Å². The van der Waals surface area contributed by atoms with Crippen LogP contribution in [0.25, 0.3) is 0 Å². The molecule has 0 spiro atoms. The maximum atomic E-state index is 12.6. The number of aryl methyl sites for hydroxylation is 1. The Morgan fingerprint density at radius 2 is 2.47 bits per heavy atom. The number of alkyl halides is 2. The van der Waals surface area contributed by atoms with Gasteiger partial charge in [0, 0.05) is 31.9 Å². The summed E-state index contributed by atoms with van der Waals surface area (Å²) in [5.41, 5.74) is 0.311. The minimum absolute atomic E-state index is 0.175. The van der Waals surface area contributed by atoms with Gasteiger partial charge >= 0.3 is 0 Å². The van der Waals surface area contributed by atoms with Crippen LogP contribution in [0.1, 0.15) is 23.8 Å². The lowest BCUT2D eigenvalue weighted by Crippen LogP contribution is -2.33. The second-order valence-electron chi connectivity index (χ2n) is 3.51. The molecule has 1 fully saturated rings. The Labute approximate surface area is 86.2 Å². The largest absolute Gasteiger partial charge is 0.371 e. The third-order valence-corrected chi connectivity index (χ3v) is 2.37. The van der Waals surface area contributed by atoms with Crippen molar-refractivity contribution in [2.45, 2.75) is 12.5 Å². The first-order valence-corrected chi connectivity index (χ1v) is 4.82. The molecule has 2 rings (SSSR count). The smallest absolute Gasteiger partial charge is 0.282 e. The van der Waals surface area contributed by atoms with Gasteiger partial charge in [-0.2, -0.15) is 5.10 Å². The molecule has 1 unspecified atom stereocenters. The van der Waals surface area contributed by atoms with E-state index in [1.54, 1.807) is 13.2 Å². The van der Waals surface area contributed by atoms with Crippen molar-refractivity contribution in [3.8, 4) is 0 Å². The molecule has 15 heavy (non-hydrogen) atoms. The average molecular weight is 217 g/mol. The molecule has 1 N–H and O–H groups in total. The van der Waals surface area contributed by atoms with Crippen molar-refractivity contribution in [2.24, 2.45) is 7.05 Å². The topological polar surface area (TPSA) is 39.1 Å². The second kappa shape index (κ2) is 4.24. The fraction of sp³-hybridized carbons (Fsp3) is 0.667. The molecular weight excluding hydrogens is 204 g/mol. The van der Waals surface area contributed by atoms with Crippen LogP contribution < -0.4 is 5.32 Å². The summed E-state index contributed by atoms with van der Waals surface area (Å²) in [6.07, 6.45) is -1.26. The minimum atomic E-state index is -2.55. The zero-order valence-corrected chi connectivity index (χ0v) is 8.41. The van der Waals surface area contributed by atoms with Gasteiger partial charge in [0.05, 0.1) is 12.7 Å². The number of hydrogen-bond donors (Lipinski definition) is 1. The molecule has 4 nitrogen and oxygen atoms in total. The van der Waals surface area contributed by atoms with Gasteiger partial charge in [-0.1, -0.05) is 0 Å². The van der Waals surface area contributed by atoms with Crippen LogP contribution >= 0.6 is 0 Å². The third-order valence-electron chi connectivity index (χ3n) is 2.37. The summed E-state index contributed by atoms with van der Waals surface area (Å²) in [5.74, 6) is 0. The molecule has 0 bridgehead atoms. The van der Waals surface area contributed by atoms with Crippen molar-refractivity contribution in [3.05, 3.63) is 17.5 Å². The summed E-state index contributed by atoms with van der Waals surface area (Å²) >= 11 is 0. The number of morpholine rings is 1. The Bertz CT molecular complexity index is 334. The van der Waals surface area contributed by atoms with E-state index in [4.69, 9.17) is 4.74 Å². The zero-order chi connectivity index (χ0) is 10.8. The number of nitrogens with zero attached hydrogens (tertiary/aromatic N) is 2. The Morgan fingerprint density at radius 1 is 1.67 bits per heavy atom. The van der Waals surface area contributed by atoms with Gasteiger partial charge in [0.25, 0.3) is 6.43 Å². The Morgan fingerprint density at radius 3 is 3.07 bits per heavy atom. The van der Waals surface area contributed by atoms with Crippen LogP contribution in [0.3, 0.4) is 0 Å². The predicted molar refractivity (Wildman–Crippen MR) is 49.7 cm³/mol. The summed E-state index contributed by atoms with van der Waals surface area (Å²) in [6.45, 7) is 1.87. The van der Waals surface area contributed by atoms with E-state index in [-0.39, 0.29) is 11.8 Å². The molecule has 0 saturated carbocycles. The molecule has 2 heterocycles. The maximum absolute atomic E-state index is 12.6. The van der Waals surface area contributed by atoms with E-state index in [0.717, 1.165) is 6.54 Å². The number of hydrogen-bond acceptors (Lipinski definition) is 3. The van der Waals surface area contributed by atoms with Crippen molar-refractivity contribution >= 4 is 0 Å². The van der Waals surface area contributed by atoms with Crippen molar-refractivity contribution in [2.75, 3.05) is 19.7 Å². The maximum Gasteiger partial charge on any atom is 0.282 e. The molecule has 1 aromatic heterocycles. The van der Waals surface area contributed by atoms with Gasteiger partial charge in [-0.25, -0.2) is 8.78 Å². The summed E-state index contributed by atoms with van der Waals surface area (Å²) < 4.78 is 32.1. The van der Waals surface area contributed by atoms with E-state index >= 15 is 0 Å². The Hall–Kier alpha value is -1.01. The lowest BCUT2D eigenvalue weighted by atomic mass is 10.1. The molecule has 1 aromatic rings. The molecular formula is C9H13F2N3O. The second-order valence-corrected chi connectivity index (χ2v) is 3.51. The molecule has 1 aliphatic heterocycles. The van der Waals surface area contributed by atoms with E-state index in [0.29, 0.717) is 18.7 Å². The number of ether oxygens (including phenoxy) is 1. The summed E-state index contributed by atoms with van der Waals surface area (Å²) in [5, 5.41) is 6.85. The van der Waals surface area contributed by atoms with Gasteiger partial charge in [0.15, 0.2) is 0 Å². The van der Waals surface area contributed by atoms with Gasteiger partial charge in [0.1, 0.15) is 5.69 Å². The molecule has 0 radical (unpaired) electrons. The fourth-order valence-electron chi connectivity index (χ4n) is 1.71. The molecule has 6 heteroatoms. The fourth-order valence-corrected chi connectivity index (χ4v) is 1.71. The third kappa shape index (κ3) is 2.15. The SMILES string of the molecule is Cn1cc(C2CNCCO2)c(C(F)F)n1. The monoisotopic (exact) mass is 217 g/mol. The van der Waals surface area contributed by atoms with E-state index in [9.17, 15) is 8.78 Å². The molecule has 84 valence electrons. The van der Waals surface area contributed by atoms with Crippen molar-refractivity contribution in [1.82, 2.24) is 15.1 Å². The minimum Gasteiger partial charge on any atom is -0.371 e. The summed E-state index contributed by atoms with van der Waals surface area (Å²) in [4.78, 5) is 0. The molecule has 0 amide bonds. The normalized spacial score (nSPS) is 22.3. The number of nitrogens with one attached hydrogen (secondary N) is 1. The van der Waals surface area contributed by atoms with Crippen LogP contribution in [0.2, 0.25) is 0 Å². The van der Waals surface area contributed by atoms with Crippen molar-refractivity contribution < 1.29 is 13.5 Å². The first kappa shape index (κ1) is 10.5. The van der Waals surface area contributed by atoms with Crippen LogP contribution in [0.4, 0.5) is 8.78 Å². The first-order chi connectivity index (χ1) is 7.18. The highest BCUT2D eigenvalue weighted by Gasteiger charge is 2.25. The predicted octanol–water partition coefficient (Wildman–Crippen LogP) is 1.02. The highest BCUT2D eigenvalue weighted by molar-refractivity contribution is 5.22. The average Bonchev–Trinajstić information content (AvgIpc) is 2.62. The number of aromatic nitrogens is 2. The zero-order valence-electron chi connectivity index (χ0n) is 8.41. The van der Waals surface area contributed by atoms with Crippen LogP contribution in [0.5, 0.6) is 0 Å². The highest BCUT2D eigenvalue weighted by atomic mass is 19.3. The molecule has 1 saturated heterocycles. The van der Waals surface area contributed by atoms with Gasteiger partial charge in [-0.05, 0) is 0 Å². The van der Waals surface area contributed by atoms with Crippen LogP contribution in [0.15, 0.2) is 6.20 Å². The summed E-state index contributed by atoms with van der Waals surface area (Å²) in [6, 6.07) is 0. The van der Waals surface area contributed by atoms with E-state index in [1.807, 2.05) is 0 Å². The van der Waals surface area contributed by atoms with Gasteiger partial charge in [-0.15, -0.1) is 0 Å².